The fourth-order valence-electron chi connectivity index (χ4n) is 4.56. The Hall–Kier alpha value is -2.82. The molecule has 0 spiro atoms. The van der Waals surface area contributed by atoms with Crippen molar-refractivity contribution in [1.29, 1.82) is 0 Å². The fourth-order valence-corrected chi connectivity index (χ4v) is 4.56. The second-order valence-electron chi connectivity index (χ2n) is 8.61. The molecular formula is C23H31N5O5. The Kier molecular flexibility index (Phi) is 7.36. The molecule has 0 radical (unpaired) electrons. The molecular weight excluding hydrogens is 426 g/mol. The first-order chi connectivity index (χ1) is 16.0. The topological polar surface area (TPSA) is 125 Å². The second kappa shape index (κ2) is 10.4. The van der Waals surface area contributed by atoms with Crippen LogP contribution in [-0.2, 0) is 14.3 Å². The first-order valence-electron chi connectivity index (χ1n) is 11.6. The van der Waals surface area contributed by atoms with Crippen LogP contribution in [0.1, 0.15) is 46.4 Å². The number of carbonyl (C=O) groups is 4. The average molecular weight is 458 g/mol. The molecule has 0 saturated carbocycles. The van der Waals surface area contributed by atoms with Crippen molar-refractivity contribution in [3.05, 3.63) is 29.3 Å². The van der Waals surface area contributed by atoms with E-state index in [9.17, 15) is 19.2 Å². The molecule has 4 amide bonds. The summed E-state index contributed by atoms with van der Waals surface area (Å²) in [5.74, 6) is -1.93. The molecule has 1 aromatic rings. The molecule has 0 aromatic heterocycles. The van der Waals surface area contributed by atoms with E-state index in [0.717, 1.165) is 62.8 Å². The third-order valence-corrected chi connectivity index (χ3v) is 6.42. The van der Waals surface area contributed by atoms with Crippen molar-refractivity contribution in [3.63, 3.8) is 0 Å². The van der Waals surface area contributed by atoms with Gasteiger partial charge in [-0.1, -0.05) is 0 Å². The van der Waals surface area contributed by atoms with Crippen LogP contribution in [0, 0.1) is 0 Å². The highest BCUT2D eigenvalue weighted by Gasteiger charge is 2.44. The van der Waals surface area contributed by atoms with Gasteiger partial charge in [0.15, 0.2) is 0 Å². The van der Waals surface area contributed by atoms with Crippen molar-refractivity contribution >= 4 is 29.3 Å². The lowest BCUT2D eigenvalue weighted by molar-refractivity contribution is -0.136. The van der Waals surface area contributed by atoms with Gasteiger partial charge in [0.05, 0.1) is 11.1 Å². The maximum absolute atomic E-state index is 13.0. The third kappa shape index (κ3) is 5.07. The molecule has 10 heteroatoms. The van der Waals surface area contributed by atoms with Gasteiger partial charge in [-0.2, -0.15) is 0 Å². The summed E-state index contributed by atoms with van der Waals surface area (Å²) in [6.07, 6.45) is 2.14. The molecule has 3 N–H and O–H groups in total. The standard InChI is InChI=1S/C23H31N5O5/c24-7-1-13-33-14-2-8-26-9-11-27(12-10-26)16-3-4-17-18(15-16)23(32)28(22(17)31)19-5-6-20(29)25-21(19)30/h3-4,15,19H,1-2,5-14,24H2,(H,25,29,30). The van der Waals surface area contributed by atoms with Gasteiger partial charge in [-0.05, 0) is 44.0 Å². The quantitative estimate of drug-likeness (QED) is 0.391. The number of nitrogens with one attached hydrogen (secondary N) is 1. The largest absolute Gasteiger partial charge is 0.381 e. The van der Waals surface area contributed by atoms with Gasteiger partial charge < -0.3 is 15.4 Å². The van der Waals surface area contributed by atoms with Crippen LogP contribution in [0.15, 0.2) is 18.2 Å². The number of imide groups is 2. The van der Waals surface area contributed by atoms with E-state index in [1.807, 2.05) is 6.07 Å². The van der Waals surface area contributed by atoms with Crippen molar-refractivity contribution < 1.29 is 23.9 Å². The number of piperidine rings is 1. The Labute approximate surface area is 193 Å². The summed E-state index contributed by atoms with van der Waals surface area (Å²) < 4.78 is 5.56. The highest BCUT2D eigenvalue weighted by Crippen LogP contribution is 2.31. The maximum atomic E-state index is 13.0. The summed E-state index contributed by atoms with van der Waals surface area (Å²) in [6, 6.07) is 4.34. The highest BCUT2D eigenvalue weighted by molar-refractivity contribution is 6.23. The number of benzene rings is 1. The van der Waals surface area contributed by atoms with Crippen LogP contribution in [0.25, 0.3) is 0 Å². The number of hydrogen-bond donors (Lipinski definition) is 2. The minimum Gasteiger partial charge on any atom is -0.381 e. The number of rotatable bonds is 9. The van der Waals surface area contributed by atoms with Crippen LogP contribution in [-0.4, -0.2) is 92.0 Å². The number of nitrogens with two attached hydrogens (primary N) is 1. The van der Waals surface area contributed by atoms with E-state index in [0.29, 0.717) is 24.3 Å². The van der Waals surface area contributed by atoms with Crippen LogP contribution in [0.2, 0.25) is 0 Å². The normalized spacial score (nSPS) is 21.5. The second-order valence-corrected chi connectivity index (χ2v) is 8.61. The lowest BCUT2D eigenvalue weighted by Crippen LogP contribution is -2.54. The lowest BCUT2D eigenvalue weighted by Gasteiger charge is -2.36. The number of hydrogen-bond acceptors (Lipinski definition) is 8. The average Bonchev–Trinajstić information content (AvgIpc) is 3.06. The molecule has 33 heavy (non-hydrogen) atoms. The van der Waals surface area contributed by atoms with E-state index < -0.39 is 23.8 Å². The summed E-state index contributed by atoms with van der Waals surface area (Å²) >= 11 is 0. The van der Waals surface area contributed by atoms with Crippen molar-refractivity contribution in [1.82, 2.24) is 15.1 Å². The molecule has 1 unspecified atom stereocenters. The third-order valence-electron chi connectivity index (χ3n) is 6.42. The molecule has 178 valence electrons. The molecule has 0 bridgehead atoms. The SMILES string of the molecule is NCCCOCCCN1CCN(c2ccc3c(c2)C(=O)N(C2CCC(=O)NC2=O)C3=O)CC1. The number of ether oxygens (including phenoxy) is 1. The van der Waals surface area contributed by atoms with Gasteiger partial charge in [0.1, 0.15) is 6.04 Å². The summed E-state index contributed by atoms with van der Waals surface area (Å²) in [5.41, 5.74) is 6.98. The molecule has 1 aromatic carbocycles. The first-order valence-corrected chi connectivity index (χ1v) is 11.6. The number of carbonyl (C=O) groups excluding carboxylic acids is 4. The molecule has 2 saturated heterocycles. The molecule has 2 fully saturated rings. The molecule has 3 aliphatic heterocycles. The molecule has 3 heterocycles. The Morgan fingerprint density at radius 2 is 1.70 bits per heavy atom. The van der Waals surface area contributed by atoms with Crippen LogP contribution >= 0.6 is 0 Å². The molecule has 10 nitrogen and oxygen atoms in total. The lowest BCUT2D eigenvalue weighted by atomic mass is 10.0. The van der Waals surface area contributed by atoms with Crippen molar-refractivity contribution in [2.24, 2.45) is 5.73 Å². The zero-order chi connectivity index (χ0) is 23.4. The maximum Gasteiger partial charge on any atom is 0.262 e. The predicted octanol–water partition coefficient (Wildman–Crippen LogP) is -0.0347. The van der Waals surface area contributed by atoms with E-state index in [1.165, 1.54) is 0 Å². The van der Waals surface area contributed by atoms with E-state index >= 15 is 0 Å². The zero-order valence-electron chi connectivity index (χ0n) is 18.8. The summed E-state index contributed by atoms with van der Waals surface area (Å²) in [4.78, 5) is 55.1. The van der Waals surface area contributed by atoms with Crippen LogP contribution in [0.5, 0.6) is 0 Å². The summed E-state index contributed by atoms with van der Waals surface area (Å²) in [6.45, 7) is 6.56. The monoisotopic (exact) mass is 457 g/mol. The van der Waals surface area contributed by atoms with Crippen LogP contribution in [0.3, 0.4) is 0 Å². The van der Waals surface area contributed by atoms with Gasteiger partial charge in [0, 0.05) is 58.0 Å². The minimum absolute atomic E-state index is 0.110. The smallest absolute Gasteiger partial charge is 0.262 e. The summed E-state index contributed by atoms with van der Waals surface area (Å²) in [5, 5.41) is 2.22. The van der Waals surface area contributed by atoms with Crippen LogP contribution in [0.4, 0.5) is 5.69 Å². The zero-order valence-corrected chi connectivity index (χ0v) is 18.8. The van der Waals surface area contributed by atoms with E-state index in [-0.39, 0.29) is 18.7 Å². The van der Waals surface area contributed by atoms with Gasteiger partial charge in [-0.3, -0.25) is 34.3 Å². The molecule has 4 rings (SSSR count). The minimum atomic E-state index is -0.943. The van der Waals surface area contributed by atoms with E-state index in [4.69, 9.17) is 10.5 Å². The molecule has 0 aliphatic carbocycles. The predicted molar refractivity (Wildman–Crippen MR) is 121 cm³/mol. The molecule has 1 atom stereocenters. The molecule has 3 aliphatic rings. The van der Waals surface area contributed by atoms with Gasteiger partial charge in [0.25, 0.3) is 11.8 Å². The van der Waals surface area contributed by atoms with Crippen molar-refractivity contribution in [2.45, 2.75) is 31.7 Å². The first kappa shape index (κ1) is 23.3. The van der Waals surface area contributed by atoms with Crippen molar-refractivity contribution in [2.75, 3.05) is 57.4 Å². The highest BCUT2D eigenvalue weighted by atomic mass is 16.5. The van der Waals surface area contributed by atoms with Gasteiger partial charge >= 0.3 is 0 Å². The number of piperazine rings is 1. The van der Waals surface area contributed by atoms with E-state index in [1.54, 1.807) is 12.1 Å². The van der Waals surface area contributed by atoms with Gasteiger partial charge in [0.2, 0.25) is 11.8 Å². The number of nitrogens with zero attached hydrogens (tertiary/aromatic N) is 3. The Bertz CT molecular complexity index is 928. The fraction of sp³-hybridized carbons (Fsp3) is 0.565. The number of amides is 4. The van der Waals surface area contributed by atoms with Gasteiger partial charge in [-0.25, -0.2) is 0 Å². The van der Waals surface area contributed by atoms with Crippen LogP contribution < -0.4 is 16.0 Å². The number of fused-ring (bicyclic) bond motifs is 1. The Balaban J connectivity index is 1.33. The van der Waals surface area contributed by atoms with Gasteiger partial charge in [-0.15, -0.1) is 0 Å². The van der Waals surface area contributed by atoms with E-state index in [2.05, 4.69) is 15.1 Å². The Morgan fingerprint density at radius 1 is 0.970 bits per heavy atom. The number of anilines is 1. The Morgan fingerprint density at radius 3 is 2.42 bits per heavy atom. The van der Waals surface area contributed by atoms with Crippen molar-refractivity contribution in [3.8, 4) is 0 Å². The summed E-state index contributed by atoms with van der Waals surface area (Å²) in [7, 11) is 0.